The molecule has 0 bridgehead atoms. The van der Waals surface area contributed by atoms with E-state index in [1.165, 1.54) is 5.56 Å². The molecule has 1 aromatic heterocycles. The molecule has 8 nitrogen and oxygen atoms in total. The minimum atomic E-state index is -1.82. The maximum absolute atomic E-state index is 9.10. The van der Waals surface area contributed by atoms with E-state index in [2.05, 4.69) is 22.5 Å². The van der Waals surface area contributed by atoms with E-state index in [1.54, 1.807) is 6.20 Å². The number of aliphatic carboxylic acids is 2. The number of carboxylic acid groups (broad SMARTS) is 2. The lowest BCUT2D eigenvalue weighted by molar-refractivity contribution is -0.159. The van der Waals surface area contributed by atoms with Crippen molar-refractivity contribution in [2.45, 2.75) is 20.4 Å². The Morgan fingerprint density at radius 2 is 1.84 bits per heavy atom. The van der Waals surface area contributed by atoms with Crippen molar-refractivity contribution in [3.05, 3.63) is 48.0 Å². The molecular weight excluding hydrogens is 328 g/mol. The van der Waals surface area contributed by atoms with Crippen LogP contribution >= 0.6 is 0 Å². The van der Waals surface area contributed by atoms with Gasteiger partial charge in [0.2, 0.25) is 0 Å². The molecule has 1 heterocycles. The van der Waals surface area contributed by atoms with Crippen molar-refractivity contribution in [1.29, 1.82) is 0 Å². The van der Waals surface area contributed by atoms with Gasteiger partial charge in [0, 0.05) is 18.9 Å². The number of hydrogen-bond donors (Lipinski definition) is 2. The first kappa shape index (κ1) is 20.2. The largest absolute Gasteiger partial charge is 0.491 e. The molecular formula is C17H22N2O6. The molecule has 0 saturated carbocycles. The van der Waals surface area contributed by atoms with Gasteiger partial charge in [-0.2, -0.15) is 0 Å². The number of benzene rings is 1. The molecule has 0 fully saturated rings. The van der Waals surface area contributed by atoms with Gasteiger partial charge in [-0.15, -0.1) is 0 Å². The first-order valence-electron chi connectivity index (χ1n) is 7.61. The van der Waals surface area contributed by atoms with Gasteiger partial charge in [-0.1, -0.05) is 12.1 Å². The Balaban J connectivity index is 0.000000450. The van der Waals surface area contributed by atoms with E-state index in [-0.39, 0.29) is 0 Å². The average molecular weight is 350 g/mol. The normalized spacial score (nSPS) is 9.84. The highest BCUT2D eigenvalue weighted by Crippen LogP contribution is 2.11. The number of nitrogens with zero attached hydrogens (tertiary/aromatic N) is 2. The standard InChI is InChI=1S/C15H20N2O2.C2H2O4/c1-13-4-3-5-15(12-13)19-11-10-18-9-8-17-7-6-16-14(17)2;3-1(4)2(5)6/h3-7,12H,8-11H2,1-2H3;(H,3,4)(H,5,6). The number of rotatable bonds is 7. The third-order valence-corrected chi connectivity index (χ3v) is 3.07. The van der Waals surface area contributed by atoms with Crippen LogP contribution in [0.3, 0.4) is 0 Å². The minimum Gasteiger partial charge on any atom is -0.491 e. The molecule has 0 aliphatic heterocycles. The van der Waals surface area contributed by atoms with Crippen LogP contribution in [0, 0.1) is 13.8 Å². The number of ether oxygens (including phenoxy) is 2. The second-order valence-electron chi connectivity index (χ2n) is 5.06. The lowest BCUT2D eigenvalue weighted by Crippen LogP contribution is -2.11. The predicted molar refractivity (Wildman–Crippen MR) is 89.7 cm³/mol. The number of hydrogen-bond acceptors (Lipinski definition) is 5. The van der Waals surface area contributed by atoms with E-state index < -0.39 is 11.9 Å². The van der Waals surface area contributed by atoms with Crippen LogP contribution in [0.25, 0.3) is 0 Å². The molecule has 25 heavy (non-hydrogen) atoms. The van der Waals surface area contributed by atoms with E-state index in [1.807, 2.05) is 31.3 Å². The molecule has 0 atom stereocenters. The molecule has 1 aromatic carbocycles. The Labute approximate surface area is 145 Å². The smallest absolute Gasteiger partial charge is 0.414 e. The first-order chi connectivity index (χ1) is 11.9. The quantitative estimate of drug-likeness (QED) is 0.578. The maximum atomic E-state index is 9.10. The summed E-state index contributed by atoms with van der Waals surface area (Å²) in [5.74, 6) is -1.74. The number of carboxylic acids is 2. The van der Waals surface area contributed by atoms with E-state index >= 15 is 0 Å². The third-order valence-electron chi connectivity index (χ3n) is 3.07. The van der Waals surface area contributed by atoms with Crippen molar-refractivity contribution in [2.24, 2.45) is 0 Å². The van der Waals surface area contributed by atoms with Crippen molar-refractivity contribution in [3.63, 3.8) is 0 Å². The maximum Gasteiger partial charge on any atom is 0.414 e. The molecule has 2 rings (SSSR count). The van der Waals surface area contributed by atoms with Gasteiger partial charge in [-0.25, -0.2) is 14.6 Å². The second-order valence-corrected chi connectivity index (χ2v) is 5.06. The molecule has 2 N–H and O–H groups in total. The summed E-state index contributed by atoms with van der Waals surface area (Å²) in [6.07, 6.45) is 3.76. The minimum absolute atomic E-state index is 0.576. The zero-order valence-corrected chi connectivity index (χ0v) is 14.2. The van der Waals surface area contributed by atoms with Gasteiger partial charge in [-0.3, -0.25) is 0 Å². The summed E-state index contributed by atoms with van der Waals surface area (Å²) in [7, 11) is 0. The van der Waals surface area contributed by atoms with Crippen LogP contribution in [0.4, 0.5) is 0 Å². The van der Waals surface area contributed by atoms with Gasteiger partial charge >= 0.3 is 11.9 Å². The zero-order chi connectivity index (χ0) is 18.7. The van der Waals surface area contributed by atoms with Crippen molar-refractivity contribution >= 4 is 11.9 Å². The Hall–Kier alpha value is -2.87. The van der Waals surface area contributed by atoms with Crippen molar-refractivity contribution in [2.75, 3.05) is 19.8 Å². The third kappa shape index (κ3) is 8.52. The molecule has 0 aliphatic rings. The molecule has 0 aliphatic carbocycles. The fraction of sp³-hybridized carbons (Fsp3) is 0.353. The van der Waals surface area contributed by atoms with Crippen LogP contribution < -0.4 is 4.74 Å². The van der Waals surface area contributed by atoms with Gasteiger partial charge in [0.05, 0.1) is 13.2 Å². The fourth-order valence-corrected chi connectivity index (χ4v) is 1.83. The Morgan fingerprint density at radius 3 is 2.40 bits per heavy atom. The second kappa shape index (κ2) is 10.8. The van der Waals surface area contributed by atoms with Crippen LogP contribution in [-0.2, 0) is 20.9 Å². The van der Waals surface area contributed by atoms with Gasteiger partial charge in [0.1, 0.15) is 18.2 Å². The summed E-state index contributed by atoms with van der Waals surface area (Å²) in [6, 6.07) is 8.03. The van der Waals surface area contributed by atoms with Crippen LogP contribution in [0.15, 0.2) is 36.7 Å². The van der Waals surface area contributed by atoms with Crippen LogP contribution in [0.1, 0.15) is 11.4 Å². The van der Waals surface area contributed by atoms with Crippen molar-refractivity contribution in [3.8, 4) is 5.75 Å². The molecule has 0 spiro atoms. The summed E-state index contributed by atoms with van der Waals surface area (Å²) < 4.78 is 13.2. The average Bonchev–Trinajstić information content (AvgIpc) is 2.96. The van der Waals surface area contributed by atoms with Crippen molar-refractivity contribution in [1.82, 2.24) is 9.55 Å². The summed E-state index contributed by atoms with van der Waals surface area (Å²) in [4.78, 5) is 22.4. The van der Waals surface area contributed by atoms with E-state index in [4.69, 9.17) is 29.3 Å². The van der Waals surface area contributed by atoms with E-state index in [0.29, 0.717) is 19.8 Å². The van der Waals surface area contributed by atoms with Gasteiger partial charge in [-0.05, 0) is 31.5 Å². The predicted octanol–water partition coefficient (Wildman–Crippen LogP) is 1.75. The van der Waals surface area contributed by atoms with Crippen molar-refractivity contribution < 1.29 is 29.3 Å². The highest BCUT2D eigenvalue weighted by molar-refractivity contribution is 6.27. The molecule has 2 aromatic rings. The number of imidazole rings is 1. The summed E-state index contributed by atoms with van der Waals surface area (Å²) in [6.45, 7) is 6.72. The highest BCUT2D eigenvalue weighted by atomic mass is 16.5. The zero-order valence-electron chi connectivity index (χ0n) is 14.2. The van der Waals surface area contributed by atoms with Gasteiger partial charge < -0.3 is 24.3 Å². The molecule has 8 heteroatoms. The van der Waals surface area contributed by atoms with Crippen LogP contribution in [0.5, 0.6) is 5.75 Å². The fourth-order valence-electron chi connectivity index (χ4n) is 1.83. The summed E-state index contributed by atoms with van der Waals surface area (Å²) >= 11 is 0. The number of aromatic nitrogens is 2. The number of carbonyl (C=O) groups is 2. The molecule has 0 amide bonds. The molecule has 0 unspecified atom stereocenters. The Kier molecular flexibility index (Phi) is 8.73. The highest BCUT2D eigenvalue weighted by Gasteiger charge is 2.04. The van der Waals surface area contributed by atoms with Gasteiger partial charge in [0.25, 0.3) is 0 Å². The molecule has 136 valence electrons. The monoisotopic (exact) mass is 350 g/mol. The van der Waals surface area contributed by atoms with Crippen LogP contribution in [0.2, 0.25) is 0 Å². The lowest BCUT2D eigenvalue weighted by atomic mass is 10.2. The summed E-state index contributed by atoms with van der Waals surface area (Å²) in [5.41, 5.74) is 1.20. The number of aryl methyl sites for hydroxylation is 2. The lowest BCUT2D eigenvalue weighted by Gasteiger charge is -2.08. The van der Waals surface area contributed by atoms with Gasteiger partial charge in [0.15, 0.2) is 0 Å². The first-order valence-corrected chi connectivity index (χ1v) is 7.61. The Morgan fingerprint density at radius 1 is 1.12 bits per heavy atom. The molecule has 0 radical (unpaired) electrons. The Bertz CT molecular complexity index is 671. The van der Waals surface area contributed by atoms with Crippen LogP contribution in [-0.4, -0.2) is 51.5 Å². The van der Waals surface area contributed by atoms with E-state index in [9.17, 15) is 0 Å². The molecule has 0 saturated heterocycles. The van der Waals surface area contributed by atoms with E-state index in [0.717, 1.165) is 18.1 Å². The topological polar surface area (TPSA) is 111 Å². The summed E-state index contributed by atoms with van der Waals surface area (Å²) in [5, 5.41) is 14.8. The SMILES string of the molecule is Cc1cccc(OCCOCCn2ccnc2C)c1.O=C(O)C(=O)O.